The van der Waals surface area contributed by atoms with E-state index in [9.17, 15) is 46.0 Å². The third-order valence-electron chi connectivity index (χ3n) is 3.80. The van der Waals surface area contributed by atoms with Gasteiger partial charge in [-0.1, -0.05) is 5.43 Å². The smallest absolute Gasteiger partial charge is 0.475 e. The zero-order valence-electron chi connectivity index (χ0n) is 18.5. The van der Waals surface area contributed by atoms with E-state index in [1.807, 2.05) is 0 Å². The second-order valence-electron chi connectivity index (χ2n) is 6.79. The zero-order chi connectivity index (χ0) is 29.6. The Kier molecular flexibility index (Phi) is 15.2. The maximum absolute atomic E-state index is 11.9. The van der Waals surface area contributed by atoms with Crippen LogP contribution in [0.5, 0.6) is 0 Å². The van der Waals surface area contributed by atoms with E-state index in [2.05, 4.69) is 15.6 Å². The lowest BCUT2D eigenvalue weighted by molar-refractivity contribution is -0.525. The molecule has 3 atom stereocenters. The normalized spacial score (nSPS) is 18.2. The van der Waals surface area contributed by atoms with Gasteiger partial charge in [0, 0.05) is 19.1 Å². The van der Waals surface area contributed by atoms with E-state index >= 15 is 0 Å². The summed E-state index contributed by atoms with van der Waals surface area (Å²) in [6.45, 7) is 0.668. The van der Waals surface area contributed by atoms with Crippen molar-refractivity contribution in [2.75, 3.05) is 13.1 Å². The first-order valence-electron chi connectivity index (χ1n) is 9.58. The highest BCUT2D eigenvalue weighted by atomic mass is 19.4. The number of guanidine groups is 1. The first-order valence-corrected chi connectivity index (χ1v) is 9.58. The number of aliphatic imine (C=N–C) groups is 1. The molecule has 214 valence electrons. The van der Waals surface area contributed by atoms with Crippen molar-refractivity contribution in [1.29, 1.82) is 0 Å². The minimum absolute atomic E-state index is 0.191. The Morgan fingerprint density at radius 3 is 1.89 bits per heavy atom. The average Bonchev–Trinajstić information content (AvgIpc) is 3.18. The maximum Gasteiger partial charge on any atom is 0.490 e. The summed E-state index contributed by atoms with van der Waals surface area (Å²) < 4.78 is 63.5. The van der Waals surface area contributed by atoms with Crippen molar-refractivity contribution in [3.63, 3.8) is 0 Å². The number of carboxylic acid groups (broad SMARTS) is 2. The summed E-state index contributed by atoms with van der Waals surface area (Å²) in [6, 6.07) is -1.37. The lowest BCUT2D eigenvalue weighted by atomic mass is 10.1. The van der Waals surface area contributed by atoms with Crippen molar-refractivity contribution in [2.45, 2.75) is 49.7 Å². The van der Waals surface area contributed by atoms with Crippen LogP contribution >= 0.6 is 0 Å². The molecule has 2 amide bonds. The molecule has 0 aromatic rings. The van der Waals surface area contributed by atoms with E-state index < -0.39 is 47.3 Å². The summed E-state index contributed by atoms with van der Waals surface area (Å²) in [4.78, 5) is 54.5. The number of alkyl halides is 6. The topological polar surface area (TPSA) is 278 Å². The number of aliphatic carboxylic acids is 2. The van der Waals surface area contributed by atoms with Crippen LogP contribution in [-0.4, -0.2) is 88.5 Å². The van der Waals surface area contributed by atoms with Gasteiger partial charge >= 0.3 is 24.3 Å². The molecule has 0 aromatic heterocycles. The van der Waals surface area contributed by atoms with Crippen molar-refractivity contribution >= 4 is 29.7 Å². The summed E-state index contributed by atoms with van der Waals surface area (Å²) in [5.74, 6) is -6.60. The Hall–Kier alpha value is -3.95. The Bertz CT molecular complexity index is 814. The fourth-order valence-corrected chi connectivity index (χ4v) is 2.14. The number of carboxylic acids is 2. The minimum Gasteiger partial charge on any atom is -0.475 e. The third kappa shape index (κ3) is 18.0. The largest absolute Gasteiger partial charge is 0.490 e. The van der Waals surface area contributed by atoms with Gasteiger partial charge in [0.05, 0.1) is 12.1 Å². The van der Waals surface area contributed by atoms with Gasteiger partial charge < -0.3 is 38.0 Å². The molecule has 22 heteroatoms. The number of nitro groups is 1. The number of carbonyl (C=O) groups excluding carboxylic acids is 2. The molecular formula is C15H24F6N8O8. The molecule has 1 fully saturated rings. The molecule has 1 heterocycles. The molecule has 16 nitrogen and oxygen atoms in total. The highest BCUT2D eigenvalue weighted by molar-refractivity contribution is 5.83. The van der Waals surface area contributed by atoms with Crippen LogP contribution in [0.4, 0.5) is 26.3 Å². The quantitative estimate of drug-likeness (QED) is 0.0393. The summed E-state index contributed by atoms with van der Waals surface area (Å²) in [6.07, 6.45) is -8.94. The Balaban J connectivity index is 0. The molecule has 1 saturated heterocycles. The number of hydrazine groups is 1. The number of hydrogen-bond acceptors (Lipinski definition) is 9. The first kappa shape index (κ1) is 35.2. The minimum atomic E-state index is -5.08. The van der Waals surface area contributed by atoms with Gasteiger partial charge in [-0.2, -0.15) is 26.3 Å². The van der Waals surface area contributed by atoms with Crippen molar-refractivity contribution in [1.82, 2.24) is 16.1 Å². The molecule has 37 heavy (non-hydrogen) atoms. The number of halogens is 6. The standard InChI is InChI=1S/C11H22N8O4.2C2HF3O2/c12-7(2-1-3-15-11(14)18-19(22)23)10(21)17-6-4-8(9(13)20)16-5-6;2*3-2(4,5)1(6)7/h6-8,16H,1-5,12H2,(H2,13,20)(H,17,21)(H3,14,15,18);2*(H,6,7)/t6-,7-,8-;;/m1../s1. The molecule has 0 unspecified atom stereocenters. The van der Waals surface area contributed by atoms with E-state index in [1.54, 1.807) is 5.43 Å². The number of primary amides is 1. The van der Waals surface area contributed by atoms with Crippen LogP contribution in [0.2, 0.25) is 0 Å². The van der Waals surface area contributed by atoms with Crippen LogP contribution < -0.4 is 33.3 Å². The number of amides is 2. The predicted octanol–water partition coefficient (Wildman–Crippen LogP) is -2.21. The second kappa shape index (κ2) is 15.9. The number of rotatable bonds is 8. The van der Waals surface area contributed by atoms with Gasteiger partial charge in [-0.3, -0.25) is 9.59 Å². The van der Waals surface area contributed by atoms with Crippen LogP contribution in [0, 0.1) is 10.1 Å². The van der Waals surface area contributed by atoms with E-state index in [0.29, 0.717) is 25.8 Å². The van der Waals surface area contributed by atoms with Gasteiger partial charge in [0.15, 0.2) is 5.03 Å². The Morgan fingerprint density at radius 2 is 1.54 bits per heavy atom. The number of carbonyl (C=O) groups is 4. The fourth-order valence-electron chi connectivity index (χ4n) is 2.14. The summed E-state index contributed by atoms with van der Waals surface area (Å²) >= 11 is 0. The van der Waals surface area contributed by atoms with Crippen LogP contribution in [0.25, 0.3) is 0 Å². The van der Waals surface area contributed by atoms with Gasteiger partial charge in [0.1, 0.15) is 0 Å². The van der Waals surface area contributed by atoms with Crippen LogP contribution in [0.3, 0.4) is 0 Å². The molecule has 11 N–H and O–H groups in total. The van der Waals surface area contributed by atoms with E-state index in [1.165, 1.54) is 0 Å². The van der Waals surface area contributed by atoms with Gasteiger partial charge in [-0.25, -0.2) is 24.7 Å². The molecule has 0 bridgehead atoms. The van der Waals surface area contributed by atoms with Gasteiger partial charge in [-0.05, 0) is 19.3 Å². The monoisotopic (exact) mass is 558 g/mol. The molecule has 1 aliphatic heterocycles. The summed E-state index contributed by atoms with van der Waals surface area (Å²) in [7, 11) is 0. The number of nitrogens with zero attached hydrogens (tertiary/aromatic N) is 2. The lowest BCUT2D eigenvalue weighted by Crippen LogP contribution is -2.46. The SMILES string of the molecule is NC(=O)[C@H]1C[C@@H](NC(=O)[C@H](N)CCCN=C(N)N[N+](=O)[O-])CN1.O=C(O)C(F)(F)F.O=C(O)C(F)(F)F. The number of nitrogens with two attached hydrogens (primary N) is 3. The molecule has 0 aliphatic carbocycles. The molecule has 0 radical (unpaired) electrons. The van der Waals surface area contributed by atoms with Gasteiger partial charge in [-0.15, -0.1) is 0 Å². The Labute approximate surface area is 202 Å². The molecule has 0 aromatic carbocycles. The molecule has 1 rings (SSSR count). The van der Waals surface area contributed by atoms with Crippen molar-refractivity contribution in [2.24, 2.45) is 22.2 Å². The summed E-state index contributed by atoms with van der Waals surface area (Å²) in [5, 5.41) is 29.2. The zero-order valence-corrected chi connectivity index (χ0v) is 18.5. The van der Waals surface area contributed by atoms with E-state index in [-0.39, 0.29) is 24.5 Å². The van der Waals surface area contributed by atoms with Crippen molar-refractivity contribution < 1.29 is 60.8 Å². The highest BCUT2D eigenvalue weighted by Gasteiger charge is 2.38. The van der Waals surface area contributed by atoms with Gasteiger partial charge in [0.2, 0.25) is 11.8 Å². The molecule has 1 aliphatic rings. The second-order valence-corrected chi connectivity index (χ2v) is 6.79. The molecule has 0 saturated carbocycles. The van der Waals surface area contributed by atoms with E-state index in [4.69, 9.17) is 37.0 Å². The Morgan fingerprint density at radius 1 is 1.08 bits per heavy atom. The number of hydrogen-bond donors (Lipinski definition) is 8. The maximum atomic E-state index is 11.9. The van der Waals surface area contributed by atoms with Crippen LogP contribution in [0.1, 0.15) is 19.3 Å². The lowest BCUT2D eigenvalue weighted by Gasteiger charge is -2.16. The van der Waals surface area contributed by atoms with E-state index in [0.717, 1.165) is 0 Å². The van der Waals surface area contributed by atoms with Crippen molar-refractivity contribution in [3.8, 4) is 0 Å². The molecular weight excluding hydrogens is 534 g/mol. The average molecular weight is 558 g/mol. The number of nitrogens with one attached hydrogen (secondary N) is 3. The van der Waals surface area contributed by atoms with Crippen molar-refractivity contribution in [3.05, 3.63) is 10.1 Å². The highest BCUT2D eigenvalue weighted by Crippen LogP contribution is 2.13. The van der Waals surface area contributed by atoms with Crippen LogP contribution in [-0.2, 0) is 19.2 Å². The molecule has 0 spiro atoms. The van der Waals surface area contributed by atoms with Crippen LogP contribution in [0.15, 0.2) is 4.99 Å². The van der Waals surface area contributed by atoms with Gasteiger partial charge in [0.25, 0.3) is 5.96 Å². The fraction of sp³-hybridized carbons (Fsp3) is 0.667. The predicted molar refractivity (Wildman–Crippen MR) is 109 cm³/mol. The summed E-state index contributed by atoms with van der Waals surface area (Å²) in [5.41, 5.74) is 17.9. The third-order valence-corrected chi connectivity index (χ3v) is 3.80. The first-order chi connectivity index (χ1) is 16.7.